The van der Waals surface area contributed by atoms with E-state index in [0.717, 1.165) is 24.8 Å². The smallest absolute Gasteiger partial charge is 0.325 e. The van der Waals surface area contributed by atoms with E-state index in [9.17, 15) is 4.79 Å². The lowest BCUT2D eigenvalue weighted by Gasteiger charge is -2.13. The van der Waals surface area contributed by atoms with Crippen molar-refractivity contribution in [3.63, 3.8) is 0 Å². The van der Waals surface area contributed by atoms with Gasteiger partial charge in [0.15, 0.2) is 0 Å². The van der Waals surface area contributed by atoms with Gasteiger partial charge in [0.05, 0.1) is 0 Å². The molecule has 0 saturated heterocycles. The molecule has 3 N–H and O–H groups in total. The quantitative estimate of drug-likeness (QED) is 0.770. The van der Waals surface area contributed by atoms with Crippen LogP contribution in [0.4, 0.5) is 0 Å². The molecule has 3 nitrogen and oxygen atoms in total. The summed E-state index contributed by atoms with van der Waals surface area (Å²) in [6.45, 7) is 2.07. The molecular formula is C12H15NO2. The Morgan fingerprint density at radius 1 is 1.40 bits per heavy atom. The van der Waals surface area contributed by atoms with Crippen LogP contribution in [0.1, 0.15) is 34.7 Å². The van der Waals surface area contributed by atoms with Gasteiger partial charge in [0.25, 0.3) is 0 Å². The molecule has 0 aromatic heterocycles. The summed E-state index contributed by atoms with van der Waals surface area (Å²) in [6, 6.07) is 2.96. The number of aryl methyl sites for hydroxylation is 1. The molecule has 1 aliphatic carbocycles. The SMILES string of the molecule is Cc1ccc(C(N)C(=O)O)c2c1CCC2. The fourth-order valence-electron chi connectivity index (χ4n) is 2.34. The molecule has 0 spiro atoms. The van der Waals surface area contributed by atoms with Gasteiger partial charge in [-0.3, -0.25) is 4.79 Å². The Morgan fingerprint density at radius 3 is 2.73 bits per heavy atom. The minimum absolute atomic E-state index is 0.792. The second-order valence-corrected chi connectivity index (χ2v) is 4.10. The number of carboxylic acid groups (broad SMARTS) is 1. The van der Waals surface area contributed by atoms with Gasteiger partial charge in [0.2, 0.25) is 0 Å². The molecule has 1 unspecified atom stereocenters. The molecule has 0 radical (unpaired) electrons. The van der Waals surface area contributed by atoms with Crippen LogP contribution in [0.25, 0.3) is 0 Å². The molecule has 3 heteroatoms. The maximum atomic E-state index is 10.9. The van der Waals surface area contributed by atoms with Crippen molar-refractivity contribution in [2.24, 2.45) is 5.73 Å². The monoisotopic (exact) mass is 205 g/mol. The second-order valence-electron chi connectivity index (χ2n) is 4.10. The van der Waals surface area contributed by atoms with Crippen LogP contribution in [-0.2, 0) is 17.6 Å². The number of fused-ring (bicyclic) bond motifs is 1. The largest absolute Gasteiger partial charge is 0.480 e. The maximum Gasteiger partial charge on any atom is 0.325 e. The number of benzene rings is 1. The highest BCUT2D eigenvalue weighted by Crippen LogP contribution is 2.30. The molecule has 1 aromatic carbocycles. The lowest BCUT2D eigenvalue weighted by atomic mass is 9.95. The van der Waals surface area contributed by atoms with E-state index in [4.69, 9.17) is 10.8 Å². The average molecular weight is 205 g/mol. The first-order chi connectivity index (χ1) is 7.11. The van der Waals surface area contributed by atoms with E-state index in [1.807, 2.05) is 12.1 Å². The first kappa shape index (κ1) is 10.2. The van der Waals surface area contributed by atoms with Gasteiger partial charge in [0, 0.05) is 0 Å². The highest BCUT2D eigenvalue weighted by atomic mass is 16.4. The minimum Gasteiger partial charge on any atom is -0.480 e. The number of carbonyl (C=O) groups is 1. The van der Waals surface area contributed by atoms with Crippen molar-refractivity contribution < 1.29 is 9.90 Å². The van der Waals surface area contributed by atoms with E-state index in [0.29, 0.717) is 0 Å². The molecule has 15 heavy (non-hydrogen) atoms. The molecule has 0 saturated carbocycles. The molecule has 0 aliphatic heterocycles. The van der Waals surface area contributed by atoms with Crippen LogP contribution < -0.4 is 5.73 Å². The topological polar surface area (TPSA) is 63.3 Å². The van der Waals surface area contributed by atoms with E-state index in [1.54, 1.807) is 0 Å². The summed E-state index contributed by atoms with van der Waals surface area (Å²) >= 11 is 0. The Kier molecular flexibility index (Phi) is 2.49. The Morgan fingerprint density at radius 2 is 2.07 bits per heavy atom. The molecule has 0 bridgehead atoms. The van der Waals surface area contributed by atoms with E-state index < -0.39 is 12.0 Å². The van der Waals surface area contributed by atoms with E-state index in [2.05, 4.69) is 6.92 Å². The molecule has 1 aliphatic rings. The van der Waals surface area contributed by atoms with E-state index >= 15 is 0 Å². The summed E-state index contributed by atoms with van der Waals surface area (Å²) in [5, 5.41) is 8.91. The van der Waals surface area contributed by atoms with Crippen LogP contribution in [0.2, 0.25) is 0 Å². The van der Waals surface area contributed by atoms with Crippen molar-refractivity contribution >= 4 is 5.97 Å². The zero-order valence-electron chi connectivity index (χ0n) is 8.79. The molecule has 0 heterocycles. The number of carboxylic acids is 1. The lowest BCUT2D eigenvalue weighted by Crippen LogP contribution is -2.22. The standard InChI is InChI=1S/C12H15NO2/c1-7-5-6-10(11(13)12(14)15)9-4-2-3-8(7)9/h5-6,11H,2-4,13H2,1H3,(H,14,15). The first-order valence-corrected chi connectivity index (χ1v) is 5.21. The predicted octanol–water partition coefficient (Wildman–Crippen LogP) is 1.57. The van der Waals surface area contributed by atoms with Crippen LogP contribution in [0.5, 0.6) is 0 Å². The molecule has 0 amide bonds. The summed E-state index contributed by atoms with van der Waals surface area (Å²) in [5.41, 5.74) is 10.2. The van der Waals surface area contributed by atoms with Gasteiger partial charge < -0.3 is 10.8 Å². The minimum atomic E-state index is -0.951. The zero-order valence-corrected chi connectivity index (χ0v) is 8.79. The molecule has 0 fully saturated rings. The van der Waals surface area contributed by atoms with Gasteiger partial charge >= 0.3 is 5.97 Å². The van der Waals surface area contributed by atoms with Gasteiger partial charge in [-0.25, -0.2) is 0 Å². The molecule has 1 aromatic rings. The third-order valence-corrected chi connectivity index (χ3v) is 3.16. The molecule has 2 rings (SSSR count). The average Bonchev–Trinajstić information content (AvgIpc) is 2.66. The summed E-state index contributed by atoms with van der Waals surface area (Å²) in [4.78, 5) is 10.9. The van der Waals surface area contributed by atoms with Gasteiger partial charge in [0.1, 0.15) is 6.04 Å². The summed E-state index contributed by atoms with van der Waals surface area (Å²) < 4.78 is 0. The normalized spacial score (nSPS) is 16.1. The number of hydrogen-bond acceptors (Lipinski definition) is 2. The molecule has 1 atom stereocenters. The van der Waals surface area contributed by atoms with Gasteiger partial charge in [-0.2, -0.15) is 0 Å². The highest BCUT2D eigenvalue weighted by Gasteiger charge is 2.23. The van der Waals surface area contributed by atoms with Crippen molar-refractivity contribution in [1.29, 1.82) is 0 Å². The molecule has 80 valence electrons. The molecular weight excluding hydrogens is 190 g/mol. The van der Waals surface area contributed by atoms with Gasteiger partial charge in [-0.15, -0.1) is 0 Å². The van der Waals surface area contributed by atoms with Crippen molar-refractivity contribution in [3.8, 4) is 0 Å². The number of rotatable bonds is 2. The fourth-order valence-corrected chi connectivity index (χ4v) is 2.34. The zero-order chi connectivity index (χ0) is 11.0. The van der Waals surface area contributed by atoms with Crippen molar-refractivity contribution in [2.45, 2.75) is 32.2 Å². The Hall–Kier alpha value is -1.35. The van der Waals surface area contributed by atoms with Crippen molar-refractivity contribution in [3.05, 3.63) is 34.4 Å². The van der Waals surface area contributed by atoms with Crippen LogP contribution in [-0.4, -0.2) is 11.1 Å². The van der Waals surface area contributed by atoms with E-state index in [-0.39, 0.29) is 0 Å². The highest BCUT2D eigenvalue weighted by molar-refractivity contribution is 5.76. The third kappa shape index (κ3) is 1.63. The Balaban J connectivity index is 2.50. The van der Waals surface area contributed by atoms with Crippen molar-refractivity contribution in [1.82, 2.24) is 0 Å². The Labute approximate surface area is 88.9 Å². The summed E-state index contributed by atoms with van der Waals surface area (Å²) in [7, 11) is 0. The third-order valence-electron chi connectivity index (χ3n) is 3.16. The van der Waals surface area contributed by atoms with Gasteiger partial charge in [-0.05, 0) is 48.4 Å². The number of hydrogen-bond donors (Lipinski definition) is 2. The van der Waals surface area contributed by atoms with Crippen molar-refractivity contribution in [2.75, 3.05) is 0 Å². The van der Waals surface area contributed by atoms with E-state index in [1.165, 1.54) is 16.7 Å². The van der Waals surface area contributed by atoms with Gasteiger partial charge in [-0.1, -0.05) is 12.1 Å². The lowest BCUT2D eigenvalue weighted by molar-refractivity contribution is -0.138. The Bertz CT molecular complexity index is 412. The van der Waals surface area contributed by atoms with Crippen LogP contribution >= 0.6 is 0 Å². The summed E-state index contributed by atoms with van der Waals surface area (Å²) in [6.07, 6.45) is 3.13. The number of aliphatic carboxylic acids is 1. The predicted molar refractivity (Wildman–Crippen MR) is 57.8 cm³/mol. The summed E-state index contributed by atoms with van der Waals surface area (Å²) in [5.74, 6) is -0.951. The maximum absolute atomic E-state index is 10.9. The van der Waals surface area contributed by atoms with Crippen LogP contribution in [0.3, 0.4) is 0 Å². The first-order valence-electron chi connectivity index (χ1n) is 5.21. The van der Waals surface area contributed by atoms with Crippen LogP contribution in [0, 0.1) is 6.92 Å². The number of nitrogens with two attached hydrogens (primary N) is 1. The fraction of sp³-hybridized carbons (Fsp3) is 0.417. The second kappa shape index (κ2) is 3.66. The van der Waals surface area contributed by atoms with Crippen LogP contribution in [0.15, 0.2) is 12.1 Å².